The predicted octanol–water partition coefficient (Wildman–Crippen LogP) is 2.82. The van der Waals surface area contributed by atoms with Crippen LogP contribution in [0.1, 0.15) is 10.4 Å². The molecule has 0 atom stereocenters. The largest absolute Gasteiger partial charge is 0.347 e. The maximum absolute atomic E-state index is 10.8. The first-order chi connectivity index (χ1) is 7.36. The number of carbonyl (C=O) groups excluding carboxylic acids is 1. The zero-order valence-corrected chi connectivity index (χ0v) is 9.46. The maximum atomic E-state index is 10.8. The molecule has 0 aliphatic heterocycles. The Kier molecular flexibility index (Phi) is 3.11. The van der Waals surface area contributed by atoms with E-state index in [2.05, 4.69) is 16.9 Å². The molecular formula is C12H13NOS. The van der Waals surface area contributed by atoms with Crippen molar-refractivity contribution in [2.45, 2.75) is 6.54 Å². The van der Waals surface area contributed by atoms with Crippen molar-refractivity contribution < 1.29 is 4.79 Å². The van der Waals surface area contributed by atoms with Crippen LogP contribution in [0.4, 0.5) is 0 Å². The fraction of sp³-hybridized carbons (Fsp3) is 0.250. The lowest BCUT2D eigenvalue weighted by molar-refractivity contribution is 0.112. The van der Waals surface area contributed by atoms with Crippen LogP contribution in [0.15, 0.2) is 30.5 Å². The topological polar surface area (TPSA) is 22.0 Å². The molecule has 3 heteroatoms. The van der Waals surface area contributed by atoms with E-state index in [-0.39, 0.29) is 0 Å². The van der Waals surface area contributed by atoms with Gasteiger partial charge in [-0.2, -0.15) is 11.8 Å². The number of thioether (sulfide) groups is 1. The molecule has 1 heterocycles. The summed E-state index contributed by atoms with van der Waals surface area (Å²) in [5, 5.41) is 1.05. The first kappa shape index (κ1) is 10.3. The minimum atomic E-state index is 0.774. The minimum Gasteiger partial charge on any atom is -0.347 e. The van der Waals surface area contributed by atoms with Crippen molar-refractivity contribution >= 4 is 29.0 Å². The summed E-state index contributed by atoms with van der Waals surface area (Å²) in [4.78, 5) is 10.8. The van der Waals surface area contributed by atoms with Crippen LogP contribution in [-0.4, -0.2) is 22.9 Å². The third-order valence-corrected chi connectivity index (χ3v) is 3.10. The molecule has 0 bridgehead atoms. The molecule has 0 saturated carbocycles. The van der Waals surface area contributed by atoms with Gasteiger partial charge in [-0.05, 0) is 18.4 Å². The monoisotopic (exact) mass is 219 g/mol. The van der Waals surface area contributed by atoms with Gasteiger partial charge in [0, 0.05) is 35.0 Å². The molecule has 1 aromatic heterocycles. The molecule has 2 rings (SSSR count). The first-order valence-corrected chi connectivity index (χ1v) is 6.28. The fourth-order valence-corrected chi connectivity index (χ4v) is 2.11. The molecule has 1 aromatic carbocycles. The summed E-state index contributed by atoms with van der Waals surface area (Å²) >= 11 is 1.83. The molecular weight excluding hydrogens is 206 g/mol. The summed E-state index contributed by atoms with van der Waals surface area (Å²) in [7, 11) is 0. The highest BCUT2D eigenvalue weighted by molar-refractivity contribution is 7.98. The number of aromatic nitrogens is 1. The smallest absolute Gasteiger partial charge is 0.150 e. The standard InChI is InChI=1S/C12H13NOS/c1-15-8-7-13-6-5-11-10(9-14)3-2-4-12(11)13/h2-6,9H,7-8H2,1H3. The molecule has 0 aliphatic rings. The number of hydrogen-bond donors (Lipinski definition) is 0. The molecule has 78 valence electrons. The van der Waals surface area contributed by atoms with Crippen LogP contribution in [0, 0.1) is 0 Å². The Bertz CT molecular complexity index is 475. The summed E-state index contributed by atoms with van der Waals surface area (Å²) in [6.07, 6.45) is 5.07. The van der Waals surface area contributed by atoms with Crippen LogP contribution in [0.5, 0.6) is 0 Å². The maximum Gasteiger partial charge on any atom is 0.150 e. The number of rotatable bonds is 4. The number of fused-ring (bicyclic) bond motifs is 1. The van der Waals surface area contributed by atoms with E-state index in [0.717, 1.165) is 35.1 Å². The Hall–Kier alpha value is -1.22. The minimum absolute atomic E-state index is 0.774. The van der Waals surface area contributed by atoms with Gasteiger partial charge in [-0.15, -0.1) is 0 Å². The molecule has 0 fully saturated rings. The Morgan fingerprint density at radius 2 is 2.27 bits per heavy atom. The van der Waals surface area contributed by atoms with Gasteiger partial charge in [0.2, 0.25) is 0 Å². The molecule has 15 heavy (non-hydrogen) atoms. The van der Waals surface area contributed by atoms with E-state index in [1.54, 1.807) is 0 Å². The van der Waals surface area contributed by atoms with Crippen molar-refractivity contribution in [1.82, 2.24) is 4.57 Å². The number of carbonyl (C=O) groups is 1. The van der Waals surface area contributed by atoms with Gasteiger partial charge in [0.05, 0.1) is 0 Å². The van der Waals surface area contributed by atoms with Gasteiger partial charge in [0.1, 0.15) is 0 Å². The molecule has 0 amide bonds. The Morgan fingerprint density at radius 3 is 3.00 bits per heavy atom. The van der Waals surface area contributed by atoms with E-state index in [1.807, 2.05) is 36.2 Å². The molecule has 0 saturated heterocycles. The molecule has 0 aliphatic carbocycles. The van der Waals surface area contributed by atoms with E-state index in [4.69, 9.17) is 0 Å². The van der Waals surface area contributed by atoms with Crippen molar-refractivity contribution in [3.05, 3.63) is 36.0 Å². The summed E-state index contributed by atoms with van der Waals surface area (Å²) in [5.74, 6) is 1.09. The highest BCUT2D eigenvalue weighted by Gasteiger charge is 2.03. The number of aryl methyl sites for hydroxylation is 1. The van der Waals surface area contributed by atoms with Crippen LogP contribution in [0.2, 0.25) is 0 Å². The van der Waals surface area contributed by atoms with E-state index >= 15 is 0 Å². The van der Waals surface area contributed by atoms with E-state index in [1.165, 1.54) is 0 Å². The van der Waals surface area contributed by atoms with Crippen LogP contribution in [0.25, 0.3) is 10.9 Å². The molecule has 2 aromatic rings. The second kappa shape index (κ2) is 4.53. The van der Waals surface area contributed by atoms with Crippen LogP contribution in [-0.2, 0) is 6.54 Å². The first-order valence-electron chi connectivity index (χ1n) is 4.89. The van der Waals surface area contributed by atoms with Gasteiger partial charge in [0.15, 0.2) is 6.29 Å². The molecule has 0 N–H and O–H groups in total. The molecule has 0 unspecified atom stereocenters. The van der Waals surface area contributed by atoms with Gasteiger partial charge < -0.3 is 4.57 Å². The summed E-state index contributed by atoms with van der Waals surface area (Å²) < 4.78 is 2.19. The molecule has 0 radical (unpaired) electrons. The summed E-state index contributed by atoms with van der Waals surface area (Å²) in [6, 6.07) is 7.86. The number of aldehydes is 1. The zero-order valence-electron chi connectivity index (χ0n) is 8.64. The summed E-state index contributed by atoms with van der Waals surface area (Å²) in [6.45, 7) is 0.993. The van der Waals surface area contributed by atoms with Gasteiger partial charge in [-0.1, -0.05) is 12.1 Å². The quantitative estimate of drug-likeness (QED) is 0.738. The fourth-order valence-electron chi connectivity index (χ4n) is 1.73. The van der Waals surface area contributed by atoms with Crippen LogP contribution in [0.3, 0.4) is 0 Å². The lowest BCUT2D eigenvalue weighted by Gasteiger charge is -2.03. The lowest BCUT2D eigenvalue weighted by atomic mass is 10.1. The van der Waals surface area contributed by atoms with Crippen molar-refractivity contribution in [3.63, 3.8) is 0 Å². The lowest BCUT2D eigenvalue weighted by Crippen LogP contribution is -1.98. The average molecular weight is 219 g/mol. The number of benzene rings is 1. The Balaban J connectivity index is 2.46. The van der Waals surface area contributed by atoms with Gasteiger partial charge >= 0.3 is 0 Å². The normalized spacial score (nSPS) is 10.7. The van der Waals surface area contributed by atoms with Crippen LogP contribution >= 0.6 is 11.8 Å². The number of hydrogen-bond acceptors (Lipinski definition) is 2. The molecule has 0 spiro atoms. The van der Waals surface area contributed by atoms with Crippen LogP contribution < -0.4 is 0 Å². The number of nitrogens with zero attached hydrogens (tertiary/aromatic N) is 1. The highest BCUT2D eigenvalue weighted by Crippen LogP contribution is 2.19. The van der Waals surface area contributed by atoms with Crippen molar-refractivity contribution in [2.24, 2.45) is 0 Å². The second-order valence-electron chi connectivity index (χ2n) is 3.40. The van der Waals surface area contributed by atoms with E-state index in [9.17, 15) is 4.79 Å². The summed E-state index contributed by atoms with van der Waals surface area (Å²) in [5.41, 5.74) is 1.92. The third kappa shape index (κ3) is 1.92. The van der Waals surface area contributed by atoms with Gasteiger partial charge in [0.25, 0.3) is 0 Å². The van der Waals surface area contributed by atoms with E-state index in [0.29, 0.717) is 0 Å². The van der Waals surface area contributed by atoms with Gasteiger partial charge in [-0.3, -0.25) is 4.79 Å². The third-order valence-electron chi connectivity index (χ3n) is 2.51. The second-order valence-corrected chi connectivity index (χ2v) is 4.39. The van der Waals surface area contributed by atoms with Gasteiger partial charge in [-0.25, -0.2) is 0 Å². The predicted molar refractivity (Wildman–Crippen MR) is 65.7 cm³/mol. The van der Waals surface area contributed by atoms with E-state index < -0.39 is 0 Å². The molecule has 2 nitrogen and oxygen atoms in total. The van der Waals surface area contributed by atoms with Crippen molar-refractivity contribution in [3.8, 4) is 0 Å². The Labute approximate surface area is 93.3 Å². The average Bonchev–Trinajstić information content (AvgIpc) is 2.69. The van der Waals surface area contributed by atoms with Crippen molar-refractivity contribution in [2.75, 3.05) is 12.0 Å². The highest BCUT2D eigenvalue weighted by atomic mass is 32.2. The van der Waals surface area contributed by atoms with Crippen molar-refractivity contribution in [1.29, 1.82) is 0 Å². The SMILES string of the molecule is CSCCn1ccc2c(C=O)cccc21. The zero-order chi connectivity index (χ0) is 10.7. The Morgan fingerprint density at radius 1 is 1.40 bits per heavy atom.